The van der Waals surface area contributed by atoms with E-state index in [1.54, 1.807) is 13.1 Å². The number of nitrogens with two attached hydrogens (primary N) is 1. The summed E-state index contributed by atoms with van der Waals surface area (Å²) in [4.78, 5) is 15.9. The van der Waals surface area contributed by atoms with Crippen LogP contribution in [0.3, 0.4) is 0 Å². The topological polar surface area (TPSA) is 124 Å². The van der Waals surface area contributed by atoms with Crippen LogP contribution in [0.1, 0.15) is 45.1 Å². The predicted octanol–water partition coefficient (Wildman–Crippen LogP) is 5.84. The van der Waals surface area contributed by atoms with Crippen LogP contribution in [0.2, 0.25) is 23.2 Å². The lowest BCUT2D eigenvalue weighted by Crippen LogP contribution is -2.52. The van der Waals surface area contributed by atoms with E-state index in [0.29, 0.717) is 4.57 Å². The molecular weight excluding hydrogens is 594 g/mol. The fourth-order valence-electron chi connectivity index (χ4n) is 4.07. The number of rotatable bonds is 7. The maximum Gasteiger partial charge on any atom is 0.475 e. The van der Waals surface area contributed by atoms with Gasteiger partial charge in [0.05, 0.1) is 24.3 Å². The highest BCUT2D eigenvalue weighted by Gasteiger charge is 2.63. The number of hydrogen-bond donors (Lipinski definition) is 1. The molecule has 5 atom stereocenters. The predicted molar refractivity (Wildman–Crippen MR) is 143 cm³/mol. The molecule has 1 unspecified atom stereocenters. The molecule has 4 rings (SSSR count). The second-order valence-corrected chi connectivity index (χ2v) is 17.9. The van der Waals surface area contributed by atoms with Crippen LogP contribution in [0.4, 0.5) is 19.0 Å². The number of benzene rings is 1. The third kappa shape index (κ3) is 6.19. The van der Waals surface area contributed by atoms with E-state index in [9.17, 15) is 13.8 Å². The van der Waals surface area contributed by atoms with Crippen LogP contribution in [0.5, 0.6) is 0 Å². The van der Waals surface area contributed by atoms with Gasteiger partial charge in [-0.1, -0.05) is 44.5 Å². The van der Waals surface area contributed by atoms with Crippen molar-refractivity contribution in [2.24, 2.45) is 0 Å². The molecule has 2 aliphatic heterocycles. The third-order valence-corrected chi connectivity index (χ3v) is 13.5. The van der Waals surface area contributed by atoms with Gasteiger partial charge in [0.1, 0.15) is 23.8 Å². The molecule has 0 radical (unpaired) electrons. The van der Waals surface area contributed by atoms with Crippen molar-refractivity contribution >= 4 is 33.6 Å². The standard InChI is InChI=1S/C24H32ClF3N3O7PSi/c1-23(2,3)40(4,5)38-20-17(36-21(24(20,27)28)31-11-9-18(29)30-22(31)32)13-35-39(33)34-12-10-16(37-39)14-7-6-8-15(25)19(14)26/h6-9,11,16-17,20-21H,10,12-13H2,1-5H3,(H2,29,30,32)/t16-,17-,20-,21-,39?/m1/s1. The average Bonchev–Trinajstić information content (AvgIpc) is 3.08. The summed E-state index contributed by atoms with van der Waals surface area (Å²) < 4.78 is 88.3. The van der Waals surface area contributed by atoms with Gasteiger partial charge >= 0.3 is 19.4 Å². The molecule has 3 heterocycles. The Labute approximate surface area is 235 Å². The molecule has 2 aromatic rings. The second-order valence-electron chi connectivity index (χ2n) is 11.1. The van der Waals surface area contributed by atoms with Crippen LogP contribution in [0.25, 0.3) is 0 Å². The number of alkyl halides is 2. The summed E-state index contributed by atoms with van der Waals surface area (Å²) in [6.45, 7) is 8.37. The number of halogens is 4. The van der Waals surface area contributed by atoms with Gasteiger partial charge in [-0.25, -0.2) is 13.8 Å². The summed E-state index contributed by atoms with van der Waals surface area (Å²) in [6.07, 6.45) is -5.32. The number of hydrogen-bond acceptors (Lipinski definition) is 9. The molecule has 2 aliphatic rings. The summed E-state index contributed by atoms with van der Waals surface area (Å²) in [5.74, 6) is -4.62. The van der Waals surface area contributed by atoms with Crippen LogP contribution in [-0.2, 0) is 27.3 Å². The zero-order valence-electron chi connectivity index (χ0n) is 22.6. The number of anilines is 1. The Morgan fingerprint density at radius 3 is 2.65 bits per heavy atom. The van der Waals surface area contributed by atoms with Crippen LogP contribution < -0.4 is 11.4 Å². The number of phosphoric ester groups is 1. The minimum atomic E-state index is -4.36. The van der Waals surface area contributed by atoms with Crippen molar-refractivity contribution < 1.29 is 40.5 Å². The Balaban J connectivity index is 1.60. The van der Waals surface area contributed by atoms with Gasteiger partial charge in [-0.15, -0.1) is 0 Å². The Morgan fingerprint density at radius 1 is 1.30 bits per heavy atom. The molecule has 16 heteroatoms. The van der Waals surface area contributed by atoms with Gasteiger partial charge in [0.2, 0.25) is 6.23 Å². The van der Waals surface area contributed by atoms with Gasteiger partial charge in [-0.2, -0.15) is 13.8 Å². The van der Waals surface area contributed by atoms with Gasteiger partial charge in [0.15, 0.2) is 8.32 Å². The summed E-state index contributed by atoms with van der Waals surface area (Å²) in [5.41, 5.74) is 4.52. The molecule has 10 nitrogen and oxygen atoms in total. The SMILES string of the molecule is CC(C)(C)[Si](C)(C)O[C@@H]1[C@@H](COP2(=O)OCC[C@H](c3cccc(Cl)c3F)O2)O[C@@H](n2ccc(N)nc2=O)C1(F)F. The highest BCUT2D eigenvalue weighted by molar-refractivity contribution is 7.48. The normalized spacial score (nSPS) is 29.0. The molecule has 0 aliphatic carbocycles. The molecule has 2 saturated heterocycles. The first-order valence-electron chi connectivity index (χ1n) is 12.5. The van der Waals surface area contributed by atoms with Crippen molar-refractivity contribution in [3.63, 3.8) is 0 Å². The first-order valence-corrected chi connectivity index (χ1v) is 17.3. The number of nitrogens with zero attached hydrogens (tertiary/aromatic N) is 2. The van der Waals surface area contributed by atoms with Crippen molar-refractivity contribution in [3.8, 4) is 0 Å². The molecule has 2 fully saturated rings. The zero-order chi connectivity index (χ0) is 29.7. The van der Waals surface area contributed by atoms with Crippen LogP contribution in [-0.4, -0.2) is 49.2 Å². The average molecular weight is 626 g/mol. The molecule has 0 spiro atoms. The highest BCUT2D eigenvalue weighted by Crippen LogP contribution is 2.58. The van der Waals surface area contributed by atoms with E-state index in [1.165, 1.54) is 24.3 Å². The Bertz CT molecular complexity index is 1360. The van der Waals surface area contributed by atoms with E-state index >= 15 is 8.78 Å². The maximum atomic E-state index is 15.9. The van der Waals surface area contributed by atoms with E-state index in [4.69, 9.17) is 40.1 Å². The Kier molecular flexibility index (Phi) is 8.68. The highest BCUT2D eigenvalue weighted by atomic mass is 35.5. The van der Waals surface area contributed by atoms with Crippen molar-refractivity contribution in [2.45, 2.75) is 75.8 Å². The molecule has 1 aromatic carbocycles. The van der Waals surface area contributed by atoms with E-state index in [1.807, 2.05) is 20.8 Å². The summed E-state index contributed by atoms with van der Waals surface area (Å²) in [6, 6.07) is 5.48. The zero-order valence-corrected chi connectivity index (χ0v) is 25.3. The van der Waals surface area contributed by atoms with Crippen LogP contribution in [0.15, 0.2) is 35.3 Å². The molecule has 0 amide bonds. The monoisotopic (exact) mass is 625 g/mol. The molecule has 40 heavy (non-hydrogen) atoms. The largest absolute Gasteiger partial charge is 0.475 e. The van der Waals surface area contributed by atoms with Gasteiger partial charge in [0, 0.05) is 18.2 Å². The number of aromatic nitrogens is 2. The Hall–Kier alpha value is -1.77. The molecule has 0 saturated carbocycles. The van der Waals surface area contributed by atoms with Crippen molar-refractivity contribution in [1.29, 1.82) is 0 Å². The minimum absolute atomic E-state index is 0.0534. The Morgan fingerprint density at radius 2 is 2.00 bits per heavy atom. The lowest BCUT2D eigenvalue weighted by atomic mass is 10.1. The first kappa shape index (κ1) is 31.2. The van der Waals surface area contributed by atoms with Crippen LogP contribution >= 0.6 is 19.4 Å². The molecule has 222 valence electrons. The van der Waals surface area contributed by atoms with Gasteiger partial charge in [-0.3, -0.25) is 18.1 Å². The maximum absolute atomic E-state index is 15.9. The lowest BCUT2D eigenvalue weighted by Gasteiger charge is -2.40. The summed E-state index contributed by atoms with van der Waals surface area (Å²) in [5, 5.41) is -0.600. The van der Waals surface area contributed by atoms with Gasteiger partial charge in [0.25, 0.3) is 0 Å². The van der Waals surface area contributed by atoms with Crippen molar-refractivity contribution in [2.75, 3.05) is 18.9 Å². The molecule has 2 N–H and O–H groups in total. The number of phosphoric acid groups is 1. The van der Waals surface area contributed by atoms with E-state index in [2.05, 4.69) is 4.98 Å². The minimum Gasteiger partial charge on any atom is -0.405 e. The van der Waals surface area contributed by atoms with E-state index in [-0.39, 0.29) is 29.4 Å². The number of nitrogen functional groups attached to an aromatic ring is 1. The molecular formula is C24H32ClF3N3O7PSi. The molecule has 1 aromatic heterocycles. The van der Waals surface area contributed by atoms with E-state index < -0.39 is 69.8 Å². The fourth-order valence-corrected chi connectivity index (χ4v) is 6.94. The molecule has 0 bridgehead atoms. The number of ether oxygens (including phenoxy) is 1. The quantitative estimate of drug-likeness (QED) is 0.298. The van der Waals surface area contributed by atoms with Crippen molar-refractivity contribution in [3.05, 3.63) is 57.3 Å². The van der Waals surface area contributed by atoms with Crippen molar-refractivity contribution in [1.82, 2.24) is 9.55 Å². The van der Waals surface area contributed by atoms with E-state index in [0.717, 1.165) is 6.20 Å². The van der Waals surface area contributed by atoms with Gasteiger partial charge in [-0.05, 0) is 30.3 Å². The third-order valence-electron chi connectivity index (χ3n) is 7.29. The van der Waals surface area contributed by atoms with Crippen LogP contribution in [0, 0.1) is 5.82 Å². The smallest absolute Gasteiger partial charge is 0.405 e. The lowest BCUT2D eigenvalue weighted by molar-refractivity contribution is -0.138. The first-order chi connectivity index (χ1) is 18.4. The fraction of sp³-hybridized carbons (Fsp3) is 0.583. The summed E-state index contributed by atoms with van der Waals surface area (Å²) in [7, 11) is -7.19. The summed E-state index contributed by atoms with van der Waals surface area (Å²) >= 11 is 5.87. The van der Waals surface area contributed by atoms with Gasteiger partial charge < -0.3 is 14.9 Å². The second kappa shape index (κ2) is 11.1.